The van der Waals surface area contributed by atoms with Crippen molar-refractivity contribution in [3.8, 4) is 0 Å². The molecular formula is C24H33N5. The smallest absolute Gasteiger partial charge is 0.191 e. The predicted molar refractivity (Wildman–Crippen MR) is 121 cm³/mol. The van der Waals surface area contributed by atoms with Crippen LogP contribution in [0.25, 0.3) is 0 Å². The van der Waals surface area contributed by atoms with Gasteiger partial charge in [0.2, 0.25) is 0 Å². The first kappa shape index (κ1) is 19.8. The Bertz CT molecular complexity index is 781. The largest absolute Gasteiger partial charge is 0.369 e. The molecule has 154 valence electrons. The summed E-state index contributed by atoms with van der Waals surface area (Å²) in [5.41, 5.74) is 3.99. The van der Waals surface area contributed by atoms with E-state index in [9.17, 15) is 0 Å². The summed E-state index contributed by atoms with van der Waals surface area (Å²) in [6.07, 6.45) is 3.82. The number of anilines is 1. The van der Waals surface area contributed by atoms with Crippen LogP contribution in [0, 0.1) is 0 Å². The van der Waals surface area contributed by atoms with Gasteiger partial charge in [0.05, 0.1) is 0 Å². The second-order valence-corrected chi connectivity index (χ2v) is 8.14. The van der Waals surface area contributed by atoms with E-state index >= 15 is 0 Å². The second-order valence-electron chi connectivity index (χ2n) is 8.14. The molecule has 0 radical (unpaired) electrons. The third-order valence-electron chi connectivity index (χ3n) is 5.96. The fourth-order valence-corrected chi connectivity index (χ4v) is 4.29. The molecule has 2 fully saturated rings. The lowest BCUT2D eigenvalue weighted by atomic mass is 10.1. The number of hydrogen-bond acceptors (Lipinski definition) is 3. The Morgan fingerprint density at radius 1 is 0.966 bits per heavy atom. The van der Waals surface area contributed by atoms with Crippen LogP contribution in [0.3, 0.4) is 0 Å². The molecule has 2 aliphatic heterocycles. The zero-order valence-electron chi connectivity index (χ0n) is 17.5. The predicted octanol–water partition coefficient (Wildman–Crippen LogP) is 3.23. The highest BCUT2D eigenvalue weighted by atomic mass is 15.2. The van der Waals surface area contributed by atoms with Crippen LogP contribution < -0.4 is 15.5 Å². The molecule has 0 aromatic heterocycles. The fraction of sp³-hybridized carbons (Fsp3) is 0.458. The van der Waals surface area contributed by atoms with Gasteiger partial charge in [-0.2, -0.15) is 0 Å². The maximum absolute atomic E-state index is 4.42. The number of aliphatic imine (C=N–C) groups is 1. The van der Waals surface area contributed by atoms with Crippen LogP contribution in [0.4, 0.5) is 5.69 Å². The quantitative estimate of drug-likeness (QED) is 0.586. The van der Waals surface area contributed by atoms with E-state index < -0.39 is 0 Å². The highest BCUT2D eigenvalue weighted by Gasteiger charge is 2.23. The van der Waals surface area contributed by atoms with E-state index in [1.807, 2.05) is 7.05 Å². The number of para-hydroxylation sites is 1. The van der Waals surface area contributed by atoms with Crippen LogP contribution in [-0.4, -0.2) is 50.1 Å². The summed E-state index contributed by atoms with van der Waals surface area (Å²) in [6.45, 7) is 6.45. The van der Waals surface area contributed by atoms with Gasteiger partial charge >= 0.3 is 0 Å². The van der Waals surface area contributed by atoms with Crippen molar-refractivity contribution in [2.75, 3.05) is 38.1 Å². The molecule has 2 N–H and O–H groups in total. The molecule has 0 spiro atoms. The summed E-state index contributed by atoms with van der Waals surface area (Å²) >= 11 is 0. The zero-order chi connectivity index (χ0) is 19.9. The molecule has 0 amide bonds. The second kappa shape index (κ2) is 9.79. The van der Waals surface area contributed by atoms with Gasteiger partial charge in [-0.15, -0.1) is 0 Å². The van der Waals surface area contributed by atoms with Crippen molar-refractivity contribution >= 4 is 11.6 Å². The lowest BCUT2D eigenvalue weighted by Gasteiger charge is -2.20. The Kier molecular flexibility index (Phi) is 6.67. The van der Waals surface area contributed by atoms with Crippen molar-refractivity contribution in [1.29, 1.82) is 0 Å². The molecule has 2 aromatic rings. The van der Waals surface area contributed by atoms with Gasteiger partial charge in [-0.1, -0.05) is 42.5 Å². The van der Waals surface area contributed by atoms with Gasteiger partial charge in [-0.25, -0.2) is 0 Å². The molecule has 5 nitrogen and oxygen atoms in total. The van der Waals surface area contributed by atoms with Crippen molar-refractivity contribution in [2.45, 2.75) is 38.4 Å². The average Bonchev–Trinajstić information content (AvgIpc) is 3.45. The Hall–Kier alpha value is -2.53. The number of nitrogens with one attached hydrogen (secondary N) is 2. The third kappa shape index (κ3) is 5.51. The van der Waals surface area contributed by atoms with E-state index in [-0.39, 0.29) is 0 Å². The van der Waals surface area contributed by atoms with Gasteiger partial charge in [0.1, 0.15) is 0 Å². The van der Waals surface area contributed by atoms with Crippen LogP contribution in [0.5, 0.6) is 0 Å². The molecule has 0 saturated carbocycles. The molecule has 4 rings (SSSR count). The molecule has 2 aliphatic rings. The summed E-state index contributed by atoms with van der Waals surface area (Å²) < 4.78 is 0. The lowest BCUT2D eigenvalue weighted by molar-refractivity contribution is 0.331. The molecule has 0 bridgehead atoms. The first-order chi connectivity index (χ1) is 14.3. The van der Waals surface area contributed by atoms with E-state index in [4.69, 9.17) is 0 Å². The van der Waals surface area contributed by atoms with Crippen molar-refractivity contribution in [3.63, 3.8) is 0 Å². The maximum Gasteiger partial charge on any atom is 0.191 e. The van der Waals surface area contributed by atoms with Gasteiger partial charge in [-0.05, 0) is 55.6 Å². The van der Waals surface area contributed by atoms with E-state index in [1.54, 1.807) is 0 Å². The molecule has 1 unspecified atom stereocenters. The molecule has 29 heavy (non-hydrogen) atoms. The summed E-state index contributed by atoms with van der Waals surface area (Å²) in [5.74, 6) is 0.881. The molecule has 0 aliphatic carbocycles. The molecular weight excluding hydrogens is 358 g/mol. The number of nitrogens with zero attached hydrogens (tertiary/aromatic N) is 3. The van der Waals surface area contributed by atoms with Crippen molar-refractivity contribution < 1.29 is 0 Å². The third-order valence-corrected chi connectivity index (χ3v) is 5.96. The highest BCUT2D eigenvalue weighted by molar-refractivity contribution is 5.80. The number of likely N-dealkylation sites (tertiary alicyclic amines) is 1. The molecule has 2 heterocycles. The number of guanidine groups is 1. The van der Waals surface area contributed by atoms with E-state index in [2.05, 4.69) is 80.0 Å². The standard InChI is InChI=1S/C24H33N5/c1-25-24(27-22-13-16-29(19-22)23-7-3-2-4-8-23)26-17-20-9-11-21(12-10-20)18-28-14-5-6-15-28/h2-4,7-12,22H,5-6,13-19H2,1H3,(H2,25,26,27). The first-order valence-electron chi connectivity index (χ1n) is 10.9. The topological polar surface area (TPSA) is 42.9 Å². The molecule has 2 saturated heterocycles. The monoisotopic (exact) mass is 391 g/mol. The van der Waals surface area contributed by atoms with Crippen LogP contribution in [0.15, 0.2) is 59.6 Å². The SMILES string of the molecule is CN=C(NCc1ccc(CN2CCCC2)cc1)NC1CCN(c2ccccc2)C1. The fourth-order valence-electron chi connectivity index (χ4n) is 4.29. The Morgan fingerprint density at radius 3 is 2.41 bits per heavy atom. The van der Waals surface area contributed by atoms with Crippen molar-refractivity contribution in [1.82, 2.24) is 15.5 Å². The van der Waals surface area contributed by atoms with Crippen LogP contribution in [0.2, 0.25) is 0 Å². The number of hydrogen-bond donors (Lipinski definition) is 2. The number of benzene rings is 2. The van der Waals surface area contributed by atoms with Gasteiger partial charge in [0, 0.05) is 45.0 Å². The van der Waals surface area contributed by atoms with Crippen LogP contribution in [-0.2, 0) is 13.1 Å². The summed E-state index contributed by atoms with van der Waals surface area (Å²) in [6, 6.07) is 20.1. The van der Waals surface area contributed by atoms with E-state index in [0.29, 0.717) is 6.04 Å². The summed E-state index contributed by atoms with van der Waals surface area (Å²) in [7, 11) is 1.85. The highest BCUT2D eigenvalue weighted by Crippen LogP contribution is 2.19. The minimum Gasteiger partial charge on any atom is -0.369 e. The Labute approximate surface area is 174 Å². The maximum atomic E-state index is 4.42. The first-order valence-corrected chi connectivity index (χ1v) is 10.9. The Balaban J connectivity index is 1.23. The summed E-state index contributed by atoms with van der Waals surface area (Å²) in [4.78, 5) is 9.40. The van der Waals surface area contributed by atoms with Crippen LogP contribution in [0.1, 0.15) is 30.4 Å². The minimum atomic E-state index is 0.421. The van der Waals surface area contributed by atoms with Gasteiger partial charge in [0.25, 0.3) is 0 Å². The number of rotatable bonds is 6. The zero-order valence-corrected chi connectivity index (χ0v) is 17.5. The van der Waals surface area contributed by atoms with Gasteiger partial charge in [-0.3, -0.25) is 9.89 Å². The van der Waals surface area contributed by atoms with Gasteiger partial charge in [0.15, 0.2) is 5.96 Å². The van der Waals surface area contributed by atoms with E-state index in [0.717, 1.165) is 38.6 Å². The Morgan fingerprint density at radius 2 is 1.69 bits per heavy atom. The molecule has 5 heteroatoms. The van der Waals surface area contributed by atoms with Crippen molar-refractivity contribution in [2.24, 2.45) is 4.99 Å². The molecule has 1 atom stereocenters. The molecule has 2 aromatic carbocycles. The van der Waals surface area contributed by atoms with Crippen molar-refractivity contribution in [3.05, 3.63) is 65.7 Å². The minimum absolute atomic E-state index is 0.421. The lowest BCUT2D eigenvalue weighted by Crippen LogP contribution is -2.44. The van der Waals surface area contributed by atoms with E-state index in [1.165, 1.54) is 42.7 Å². The van der Waals surface area contributed by atoms with Crippen LogP contribution >= 0.6 is 0 Å². The summed E-state index contributed by atoms with van der Waals surface area (Å²) in [5, 5.41) is 7.06. The average molecular weight is 392 g/mol. The van der Waals surface area contributed by atoms with Gasteiger partial charge < -0.3 is 15.5 Å². The normalized spacial score (nSPS) is 20.2.